The fourth-order valence-electron chi connectivity index (χ4n) is 1.62. The number of carbonyl (C=O) groups excluding carboxylic acids is 1. The second kappa shape index (κ2) is 6.68. The molecular weight excluding hydrogens is 264 g/mol. The van der Waals surface area contributed by atoms with Gasteiger partial charge in [-0.1, -0.05) is 0 Å². The van der Waals surface area contributed by atoms with Gasteiger partial charge in [0.1, 0.15) is 5.75 Å². The van der Waals surface area contributed by atoms with Crippen LogP contribution in [0.3, 0.4) is 0 Å². The fraction of sp³-hybridized carbons (Fsp3) is 0.462. The first-order chi connectivity index (χ1) is 8.89. The van der Waals surface area contributed by atoms with Crippen LogP contribution in [0.25, 0.3) is 0 Å². The Hall–Kier alpha value is -1.40. The number of benzene rings is 1. The highest BCUT2D eigenvalue weighted by atomic mass is 32.2. The molecule has 0 aromatic heterocycles. The zero-order valence-corrected chi connectivity index (χ0v) is 12.2. The standard InChI is InChI=1S/C13H20N2O3S/c1-13(17,8-19-3)7-15-12(16)10-5-4-9(14)6-11(10)18-2/h4-6,17H,7-8,14H2,1-3H3,(H,15,16). The van der Waals surface area contributed by atoms with Crippen LogP contribution in [-0.2, 0) is 0 Å². The fourth-order valence-corrected chi connectivity index (χ4v) is 2.35. The van der Waals surface area contributed by atoms with E-state index in [9.17, 15) is 9.90 Å². The van der Waals surface area contributed by atoms with Crippen molar-refractivity contribution >= 4 is 23.4 Å². The number of rotatable bonds is 6. The second-order valence-corrected chi connectivity index (χ2v) is 5.44. The van der Waals surface area contributed by atoms with Gasteiger partial charge >= 0.3 is 0 Å². The van der Waals surface area contributed by atoms with Crippen LogP contribution in [0.15, 0.2) is 18.2 Å². The molecule has 0 fully saturated rings. The molecular formula is C13H20N2O3S. The molecule has 1 amide bonds. The SMILES string of the molecule is COc1cc(N)ccc1C(=O)NCC(C)(O)CSC. The van der Waals surface area contributed by atoms with Gasteiger partial charge < -0.3 is 20.9 Å². The van der Waals surface area contributed by atoms with Crippen LogP contribution in [0.4, 0.5) is 5.69 Å². The molecule has 6 heteroatoms. The Morgan fingerprint density at radius 2 is 2.26 bits per heavy atom. The van der Waals surface area contributed by atoms with Crippen LogP contribution >= 0.6 is 11.8 Å². The number of anilines is 1. The summed E-state index contributed by atoms with van der Waals surface area (Å²) in [6.45, 7) is 1.87. The van der Waals surface area contributed by atoms with E-state index in [-0.39, 0.29) is 12.5 Å². The third kappa shape index (κ3) is 4.65. The second-order valence-electron chi connectivity index (χ2n) is 4.57. The van der Waals surface area contributed by atoms with Gasteiger partial charge in [-0.15, -0.1) is 0 Å². The zero-order valence-electron chi connectivity index (χ0n) is 11.4. The zero-order chi connectivity index (χ0) is 14.5. The molecule has 0 spiro atoms. The van der Waals surface area contributed by atoms with E-state index in [1.165, 1.54) is 18.9 Å². The molecule has 0 saturated heterocycles. The van der Waals surface area contributed by atoms with Gasteiger partial charge in [0.05, 0.1) is 18.3 Å². The molecule has 1 aromatic rings. The summed E-state index contributed by atoms with van der Waals surface area (Å²) >= 11 is 1.52. The molecule has 4 N–H and O–H groups in total. The maximum Gasteiger partial charge on any atom is 0.255 e. The lowest BCUT2D eigenvalue weighted by Gasteiger charge is -2.22. The van der Waals surface area contributed by atoms with Gasteiger partial charge in [-0.25, -0.2) is 0 Å². The number of hydrogen-bond acceptors (Lipinski definition) is 5. The highest BCUT2D eigenvalue weighted by molar-refractivity contribution is 7.98. The van der Waals surface area contributed by atoms with Gasteiger partial charge in [0.15, 0.2) is 0 Å². The summed E-state index contributed by atoms with van der Waals surface area (Å²) in [6.07, 6.45) is 1.90. The van der Waals surface area contributed by atoms with Crippen LogP contribution < -0.4 is 15.8 Å². The van der Waals surface area contributed by atoms with E-state index in [2.05, 4.69) is 5.32 Å². The van der Waals surface area contributed by atoms with E-state index in [0.717, 1.165) is 0 Å². The highest BCUT2D eigenvalue weighted by Gasteiger charge is 2.21. The molecule has 0 saturated carbocycles. The summed E-state index contributed by atoms with van der Waals surface area (Å²) in [7, 11) is 1.48. The minimum atomic E-state index is -0.934. The van der Waals surface area contributed by atoms with Crippen molar-refractivity contribution in [1.29, 1.82) is 0 Å². The molecule has 0 aliphatic rings. The topological polar surface area (TPSA) is 84.6 Å². The lowest BCUT2D eigenvalue weighted by atomic mass is 10.1. The van der Waals surface area contributed by atoms with Gasteiger partial charge in [0.25, 0.3) is 5.91 Å². The molecule has 0 heterocycles. The average molecular weight is 284 g/mol. The maximum atomic E-state index is 12.0. The van der Waals surface area contributed by atoms with Gasteiger partial charge in [-0.05, 0) is 25.3 Å². The van der Waals surface area contributed by atoms with E-state index >= 15 is 0 Å². The summed E-state index contributed by atoms with van der Waals surface area (Å²) < 4.78 is 5.12. The van der Waals surface area contributed by atoms with E-state index in [4.69, 9.17) is 10.5 Å². The summed E-state index contributed by atoms with van der Waals surface area (Å²) in [5.41, 5.74) is 5.63. The molecule has 1 unspecified atom stereocenters. The van der Waals surface area contributed by atoms with Crippen molar-refractivity contribution in [1.82, 2.24) is 5.32 Å². The van der Waals surface area contributed by atoms with Crippen LogP contribution in [0.1, 0.15) is 17.3 Å². The van der Waals surface area contributed by atoms with E-state index in [0.29, 0.717) is 22.8 Å². The Morgan fingerprint density at radius 1 is 1.58 bits per heavy atom. The Kier molecular flexibility index (Phi) is 5.50. The number of methoxy groups -OCH3 is 1. The number of nitrogen functional groups attached to an aromatic ring is 1. The molecule has 1 atom stereocenters. The molecule has 1 aromatic carbocycles. The van der Waals surface area contributed by atoms with E-state index in [1.807, 2.05) is 6.26 Å². The summed E-state index contributed by atoms with van der Waals surface area (Å²) in [4.78, 5) is 12.0. The number of carbonyl (C=O) groups is 1. The molecule has 0 aliphatic heterocycles. The number of thioether (sulfide) groups is 1. The number of nitrogens with two attached hydrogens (primary N) is 1. The first-order valence-corrected chi connectivity index (χ1v) is 7.22. The van der Waals surface area contributed by atoms with Crippen molar-refractivity contribution < 1.29 is 14.6 Å². The molecule has 106 valence electrons. The molecule has 5 nitrogen and oxygen atoms in total. The van der Waals surface area contributed by atoms with Gasteiger partial charge in [-0.2, -0.15) is 11.8 Å². The third-order valence-corrected chi connectivity index (χ3v) is 3.47. The predicted octanol–water partition coefficient (Wildman–Crippen LogP) is 1.12. The first kappa shape index (κ1) is 15.7. The minimum absolute atomic E-state index is 0.181. The van der Waals surface area contributed by atoms with E-state index < -0.39 is 5.60 Å². The highest BCUT2D eigenvalue weighted by Crippen LogP contribution is 2.21. The number of amides is 1. The van der Waals surface area contributed by atoms with E-state index in [1.54, 1.807) is 25.1 Å². The quantitative estimate of drug-likeness (QED) is 0.682. The van der Waals surface area contributed by atoms with Crippen molar-refractivity contribution in [3.8, 4) is 5.75 Å². The monoisotopic (exact) mass is 284 g/mol. The number of aliphatic hydroxyl groups is 1. The molecule has 0 bridgehead atoms. The Morgan fingerprint density at radius 3 is 2.84 bits per heavy atom. The molecule has 0 radical (unpaired) electrons. The lowest BCUT2D eigenvalue weighted by Crippen LogP contribution is -2.42. The van der Waals surface area contributed by atoms with Crippen LogP contribution in [0.2, 0.25) is 0 Å². The molecule has 0 aliphatic carbocycles. The normalized spacial score (nSPS) is 13.7. The van der Waals surface area contributed by atoms with Crippen molar-refractivity contribution in [2.24, 2.45) is 0 Å². The van der Waals surface area contributed by atoms with Gasteiger partial charge in [-0.3, -0.25) is 4.79 Å². The average Bonchev–Trinajstić information content (AvgIpc) is 2.35. The van der Waals surface area contributed by atoms with Gasteiger partial charge in [0, 0.05) is 24.1 Å². The first-order valence-electron chi connectivity index (χ1n) is 5.82. The smallest absolute Gasteiger partial charge is 0.255 e. The summed E-state index contributed by atoms with van der Waals surface area (Å²) in [6, 6.07) is 4.83. The summed E-state index contributed by atoms with van der Waals surface area (Å²) in [5, 5.41) is 12.7. The van der Waals surface area contributed by atoms with Crippen LogP contribution in [0, 0.1) is 0 Å². The predicted molar refractivity (Wildman–Crippen MR) is 78.7 cm³/mol. The number of hydrogen-bond donors (Lipinski definition) is 3. The van der Waals surface area contributed by atoms with Crippen LogP contribution in [-0.4, -0.2) is 42.3 Å². The summed E-state index contributed by atoms with van der Waals surface area (Å²) in [5.74, 6) is 0.673. The number of nitrogens with one attached hydrogen (secondary N) is 1. The van der Waals surface area contributed by atoms with Crippen molar-refractivity contribution in [3.05, 3.63) is 23.8 Å². The van der Waals surface area contributed by atoms with Crippen molar-refractivity contribution in [2.45, 2.75) is 12.5 Å². The Balaban J connectivity index is 2.74. The Labute approximate surface area is 117 Å². The lowest BCUT2D eigenvalue weighted by molar-refractivity contribution is 0.0723. The number of ether oxygens (including phenoxy) is 1. The van der Waals surface area contributed by atoms with Crippen molar-refractivity contribution in [2.75, 3.05) is 31.4 Å². The van der Waals surface area contributed by atoms with Crippen molar-refractivity contribution in [3.63, 3.8) is 0 Å². The minimum Gasteiger partial charge on any atom is -0.496 e. The van der Waals surface area contributed by atoms with Crippen LogP contribution in [0.5, 0.6) is 5.75 Å². The molecule has 1 rings (SSSR count). The molecule has 19 heavy (non-hydrogen) atoms. The Bertz CT molecular complexity index is 450. The maximum absolute atomic E-state index is 12.0. The van der Waals surface area contributed by atoms with Gasteiger partial charge in [0.2, 0.25) is 0 Å². The largest absolute Gasteiger partial charge is 0.496 e. The third-order valence-electron chi connectivity index (χ3n) is 2.56.